The van der Waals surface area contributed by atoms with Gasteiger partial charge in [0.25, 0.3) is 0 Å². The summed E-state index contributed by atoms with van der Waals surface area (Å²) in [7, 11) is 0. The van der Waals surface area contributed by atoms with Crippen LogP contribution in [0, 0.1) is 40.7 Å². The van der Waals surface area contributed by atoms with Crippen molar-refractivity contribution >= 4 is 0 Å². The Hall–Kier alpha value is -2.05. The molecule has 0 bridgehead atoms. The Labute approximate surface area is 101 Å². The summed E-state index contributed by atoms with van der Waals surface area (Å²) < 4.78 is 92.1. The third kappa shape index (κ3) is 1.24. The van der Waals surface area contributed by atoms with Crippen LogP contribution >= 0.6 is 0 Å². The maximum Gasteiger partial charge on any atom is 0.198 e. The lowest BCUT2D eigenvalue weighted by molar-refractivity contribution is 0.409. The standard InChI is InChI=1S/C12HF7/c13-3-1-2-4(8(15)7(3)14)6-5(2)9(16)11(18)12(19)10(6)17/h1H. The molecule has 0 saturated heterocycles. The zero-order chi connectivity index (χ0) is 14.1. The van der Waals surface area contributed by atoms with Gasteiger partial charge >= 0.3 is 0 Å². The minimum atomic E-state index is -2.13. The quantitative estimate of drug-likeness (QED) is 0.326. The van der Waals surface area contributed by atoms with Crippen molar-refractivity contribution in [3.05, 3.63) is 46.8 Å². The maximum absolute atomic E-state index is 13.4. The first-order chi connectivity index (χ1) is 8.86. The number of hydrogen-bond acceptors (Lipinski definition) is 0. The molecule has 3 rings (SSSR count). The van der Waals surface area contributed by atoms with Crippen molar-refractivity contribution in [2.24, 2.45) is 0 Å². The van der Waals surface area contributed by atoms with Crippen molar-refractivity contribution in [1.29, 1.82) is 0 Å². The molecule has 0 amide bonds. The van der Waals surface area contributed by atoms with E-state index in [9.17, 15) is 30.7 Å². The van der Waals surface area contributed by atoms with Crippen LogP contribution in [0.5, 0.6) is 0 Å². The molecule has 7 heteroatoms. The van der Waals surface area contributed by atoms with Crippen LogP contribution < -0.4 is 0 Å². The summed E-state index contributed by atoms with van der Waals surface area (Å²) >= 11 is 0. The molecule has 1 aliphatic carbocycles. The number of benzene rings is 2. The van der Waals surface area contributed by atoms with E-state index in [0.29, 0.717) is 6.07 Å². The van der Waals surface area contributed by atoms with Crippen LogP contribution in [0.25, 0.3) is 22.3 Å². The second kappa shape index (κ2) is 3.49. The molecule has 0 fully saturated rings. The third-order valence-electron chi connectivity index (χ3n) is 2.95. The van der Waals surface area contributed by atoms with Crippen LogP contribution in [0.4, 0.5) is 30.7 Å². The molecule has 98 valence electrons. The molecule has 0 aliphatic heterocycles. The van der Waals surface area contributed by atoms with Crippen molar-refractivity contribution in [3.8, 4) is 22.3 Å². The maximum atomic E-state index is 13.4. The van der Waals surface area contributed by atoms with E-state index >= 15 is 0 Å². The Kier molecular flexibility index (Phi) is 2.21. The second-order valence-electron chi connectivity index (χ2n) is 3.91. The summed E-state index contributed by atoms with van der Waals surface area (Å²) in [6.07, 6.45) is 0. The third-order valence-corrected chi connectivity index (χ3v) is 2.95. The molecule has 0 atom stereocenters. The average Bonchev–Trinajstić information content (AvgIpc) is 2.36. The van der Waals surface area contributed by atoms with E-state index in [4.69, 9.17) is 0 Å². The first kappa shape index (κ1) is 12.0. The summed E-state index contributed by atoms with van der Waals surface area (Å²) in [5.41, 5.74) is -3.07. The van der Waals surface area contributed by atoms with Crippen molar-refractivity contribution in [2.75, 3.05) is 0 Å². The predicted octanol–water partition coefficient (Wildman–Crippen LogP) is 4.31. The normalized spacial score (nSPS) is 11.9. The molecular formula is C12HF7. The summed E-state index contributed by atoms with van der Waals surface area (Å²) in [4.78, 5) is 0. The molecule has 0 heterocycles. The minimum absolute atomic E-state index is 0.399. The molecule has 19 heavy (non-hydrogen) atoms. The largest absolute Gasteiger partial charge is 0.204 e. The SMILES string of the molecule is Fc1cc2c(c(F)c1F)-c1c(F)c(F)c(F)c(F)c1-2. The summed E-state index contributed by atoms with van der Waals surface area (Å²) in [6, 6.07) is 0.399. The van der Waals surface area contributed by atoms with E-state index in [0.717, 1.165) is 0 Å². The fourth-order valence-corrected chi connectivity index (χ4v) is 2.09. The molecule has 0 N–H and O–H groups in total. The lowest BCUT2D eigenvalue weighted by Gasteiger charge is -2.26. The molecular weight excluding hydrogens is 277 g/mol. The van der Waals surface area contributed by atoms with Crippen LogP contribution in [-0.2, 0) is 0 Å². The topological polar surface area (TPSA) is 0 Å². The predicted molar refractivity (Wildman–Crippen MR) is 50.6 cm³/mol. The lowest BCUT2D eigenvalue weighted by Crippen LogP contribution is -2.14. The number of hydrogen-bond donors (Lipinski definition) is 0. The summed E-state index contributed by atoms with van der Waals surface area (Å²) in [5.74, 6) is -13.1. The van der Waals surface area contributed by atoms with Crippen LogP contribution in [0.1, 0.15) is 0 Å². The molecule has 0 unspecified atom stereocenters. The van der Waals surface area contributed by atoms with Gasteiger partial charge in [0.2, 0.25) is 0 Å². The van der Waals surface area contributed by atoms with Crippen LogP contribution in [0.2, 0.25) is 0 Å². The van der Waals surface area contributed by atoms with Gasteiger partial charge < -0.3 is 0 Å². The fourth-order valence-electron chi connectivity index (χ4n) is 2.09. The first-order valence-corrected chi connectivity index (χ1v) is 4.90. The van der Waals surface area contributed by atoms with Gasteiger partial charge in [0, 0.05) is 16.7 Å². The van der Waals surface area contributed by atoms with E-state index in [1.807, 2.05) is 0 Å². The highest BCUT2D eigenvalue weighted by atomic mass is 19.2. The van der Waals surface area contributed by atoms with E-state index in [2.05, 4.69) is 0 Å². The molecule has 0 spiro atoms. The highest BCUT2D eigenvalue weighted by molar-refractivity contribution is 6.03. The van der Waals surface area contributed by atoms with Crippen molar-refractivity contribution < 1.29 is 30.7 Å². The molecule has 0 radical (unpaired) electrons. The highest BCUT2D eigenvalue weighted by Crippen LogP contribution is 2.53. The Morgan fingerprint density at radius 2 is 0.947 bits per heavy atom. The van der Waals surface area contributed by atoms with Gasteiger partial charge in [-0.2, -0.15) is 0 Å². The van der Waals surface area contributed by atoms with Gasteiger partial charge in [-0.15, -0.1) is 0 Å². The average molecular weight is 278 g/mol. The smallest absolute Gasteiger partial charge is 0.198 e. The van der Waals surface area contributed by atoms with E-state index < -0.39 is 63.0 Å². The lowest BCUT2D eigenvalue weighted by atomic mass is 9.79. The summed E-state index contributed by atoms with van der Waals surface area (Å²) in [5, 5.41) is 0. The molecule has 2 aromatic carbocycles. The number of halogens is 7. The van der Waals surface area contributed by atoms with Crippen LogP contribution in [-0.4, -0.2) is 0 Å². The number of rotatable bonds is 0. The molecule has 2 aromatic rings. The van der Waals surface area contributed by atoms with E-state index in [1.54, 1.807) is 0 Å². The van der Waals surface area contributed by atoms with Crippen molar-refractivity contribution in [3.63, 3.8) is 0 Å². The van der Waals surface area contributed by atoms with E-state index in [-0.39, 0.29) is 0 Å². The Morgan fingerprint density at radius 3 is 1.53 bits per heavy atom. The van der Waals surface area contributed by atoms with Crippen LogP contribution in [0.15, 0.2) is 6.07 Å². The highest BCUT2D eigenvalue weighted by Gasteiger charge is 2.39. The zero-order valence-corrected chi connectivity index (χ0v) is 8.72. The van der Waals surface area contributed by atoms with Gasteiger partial charge in [0.1, 0.15) is 0 Å². The van der Waals surface area contributed by atoms with Crippen molar-refractivity contribution in [1.82, 2.24) is 0 Å². The van der Waals surface area contributed by atoms with Crippen LogP contribution in [0.3, 0.4) is 0 Å². The van der Waals surface area contributed by atoms with Gasteiger partial charge in [-0.1, -0.05) is 0 Å². The van der Waals surface area contributed by atoms with Gasteiger partial charge in [-0.25, -0.2) is 30.7 Å². The minimum Gasteiger partial charge on any atom is -0.204 e. The first-order valence-electron chi connectivity index (χ1n) is 4.90. The van der Waals surface area contributed by atoms with Gasteiger partial charge in [-0.05, 0) is 11.6 Å². The van der Waals surface area contributed by atoms with Crippen molar-refractivity contribution in [2.45, 2.75) is 0 Å². The van der Waals surface area contributed by atoms with E-state index in [1.165, 1.54) is 0 Å². The van der Waals surface area contributed by atoms with Gasteiger partial charge in [-0.3, -0.25) is 0 Å². The molecule has 1 aliphatic rings. The second-order valence-corrected chi connectivity index (χ2v) is 3.91. The Bertz CT molecular complexity index is 749. The number of fused-ring (bicyclic) bond motifs is 4. The van der Waals surface area contributed by atoms with Gasteiger partial charge in [0.05, 0.1) is 0 Å². The summed E-state index contributed by atoms with van der Waals surface area (Å²) in [6.45, 7) is 0. The molecule has 0 aromatic heterocycles. The molecule has 0 saturated carbocycles. The monoisotopic (exact) mass is 278 g/mol. The zero-order valence-electron chi connectivity index (χ0n) is 8.72. The Morgan fingerprint density at radius 1 is 0.474 bits per heavy atom. The Balaban J connectivity index is 2.43. The van der Waals surface area contributed by atoms with Gasteiger partial charge in [0.15, 0.2) is 40.7 Å². The molecule has 0 nitrogen and oxygen atoms in total. The fraction of sp³-hybridized carbons (Fsp3) is 0.